The third kappa shape index (κ3) is 3.08. The highest BCUT2D eigenvalue weighted by molar-refractivity contribution is 7.05. The Kier molecular flexibility index (Phi) is 2.97. The van der Waals surface area contributed by atoms with Crippen molar-refractivity contribution in [3.8, 4) is 0 Å². The maximum absolute atomic E-state index is 10.1. The number of carbonyl (C=O) groups is 1. The van der Waals surface area contributed by atoms with Gasteiger partial charge in [0.2, 0.25) is 0 Å². The highest BCUT2D eigenvalue weighted by Gasteiger charge is 1.99. The van der Waals surface area contributed by atoms with Gasteiger partial charge >= 0.3 is 5.97 Å². The minimum atomic E-state index is -0.755. The molecule has 0 aromatic carbocycles. The largest absolute Gasteiger partial charge is 0.481 e. The Morgan fingerprint density at radius 3 is 3.09 bits per heavy atom. The zero-order chi connectivity index (χ0) is 8.10. The first-order valence-corrected chi connectivity index (χ1v) is 4.03. The van der Waals surface area contributed by atoms with Crippen LogP contribution in [0.3, 0.4) is 0 Å². The number of carboxylic acids is 1. The topological polar surface area (TPSA) is 63.1 Å². The third-order valence-corrected chi connectivity index (χ3v) is 1.91. The normalized spacial score (nSPS) is 9.82. The molecule has 0 aliphatic carbocycles. The second-order valence-corrected chi connectivity index (χ2v) is 2.95. The average molecular weight is 172 g/mol. The minimum Gasteiger partial charge on any atom is -0.481 e. The molecular formula is C6H8N2O2S. The van der Waals surface area contributed by atoms with Crippen LogP contribution < -0.4 is 0 Å². The summed E-state index contributed by atoms with van der Waals surface area (Å²) in [7, 11) is 0. The number of aliphatic carboxylic acids is 1. The van der Waals surface area contributed by atoms with Crippen LogP contribution >= 0.6 is 11.5 Å². The molecular weight excluding hydrogens is 164 g/mol. The predicted molar refractivity (Wildman–Crippen MR) is 40.5 cm³/mol. The summed E-state index contributed by atoms with van der Waals surface area (Å²) < 4.78 is 3.80. The van der Waals surface area contributed by atoms with Gasteiger partial charge in [0.05, 0.1) is 0 Å². The first-order chi connectivity index (χ1) is 5.29. The van der Waals surface area contributed by atoms with E-state index in [0.29, 0.717) is 6.42 Å². The molecule has 0 aliphatic rings. The lowest BCUT2D eigenvalue weighted by Crippen LogP contribution is -1.95. The van der Waals surface area contributed by atoms with Crippen LogP contribution in [0.4, 0.5) is 0 Å². The van der Waals surface area contributed by atoms with Gasteiger partial charge in [-0.3, -0.25) is 4.79 Å². The van der Waals surface area contributed by atoms with Gasteiger partial charge in [0.15, 0.2) is 0 Å². The molecule has 0 atom stereocenters. The smallest absolute Gasteiger partial charge is 0.303 e. The molecule has 0 spiro atoms. The van der Waals surface area contributed by atoms with Gasteiger partial charge in [0, 0.05) is 12.8 Å². The summed E-state index contributed by atoms with van der Waals surface area (Å²) in [5.74, 6) is -0.755. The Balaban J connectivity index is 2.19. The van der Waals surface area contributed by atoms with E-state index in [9.17, 15) is 4.79 Å². The van der Waals surface area contributed by atoms with Gasteiger partial charge in [0.1, 0.15) is 11.3 Å². The first-order valence-electron chi connectivity index (χ1n) is 3.26. The summed E-state index contributed by atoms with van der Waals surface area (Å²) in [4.78, 5) is 14.0. The molecule has 0 radical (unpaired) electrons. The number of hydrogen-bond acceptors (Lipinski definition) is 4. The molecule has 60 valence electrons. The van der Waals surface area contributed by atoms with Crippen molar-refractivity contribution >= 4 is 17.5 Å². The molecule has 1 heterocycles. The van der Waals surface area contributed by atoms with Crippen LogP contribution in [0.25, 0.3) is 0 Å². The molecule has 0 saturated heterocycles. The van der Waals surface area contributed by atoms with Crippen molar-refractivity contribution < 1.29 is 9.90 Å². The SMILES string of the molecule is O=C(O)CCCc1ncns1. The molecule has 0 unspecified atom stereocenters. The van der Waals surface area contributed by atoms with Crippen LogP contribution in [0, 0.1) is 0 Å². The third-order valence-electron chi connectivity index (χ3n) is 1.19. The number of nitrogens with zero attached hydrogens (tertiary/aromatic N) is 2. The summed E-state index contributed by atoms with van der Waals surface area (Å²) in [6, 6.07) is 0. The van der Waals surface area contributed by atoms with Crippen LogP contribution in [0.5, 0.6) is 0 Å². The van der Waals surface area contributed by atoms with Crippen LogP contribution in [0.2, 0.25) is 0 Å². The molecule has 11 heavy (non-hydrogen) atoms. The van der Waals surface area contributed by atoms with Crippen molar-refractivity contribution in [2.75, 3.05) is 0 Å². The summed E-state index contributed by atoms with van der Waals surface area (Å²) in [5, 5.41) is 9.22. The van der Waals surface area contributed by atoms with Crippen LogP contribution in [0.15, 0.2) is 6.33 Å². The van der Waals surface area contributed by atoms with Crippen molar-refractivity contribution in [1.82, 2.24) is 9.36 Å². The van der Waals surface area contributed by atoms with E-state index in [1.54, 1.807) is 0 Å². The fourth-order valence-corrected chi connectivity index (χ4v) is 1.24. The predicted octanol–water partition coefficient (Wildman–Crippen LogP) is 0.945. The molecule has 1 N–H and O–H groups in total. The van der Waals surface area contributed by atoms with E-state index < -0.39 is 5.97 Å². The summed E-state index contributed by atoms with van der Waals surface area (Å²) in [6.45, 7) is 0. The lowest BCUT2D eigenvalue weighted by Gasteiger charge is -1.90. The highest BCUT2D eigenvalue weighted by atomic mass is 32.1. The molecule has 0 aliphatic heterocycles. The molecule has 5 heteroatoms. The molecule has 4 nitrogen and oxygen atoms in total. The van der Waals surface area contributed by atoms with Crippen LogP contribution in [-0.4, -0.2) is 20.4 Å². The zero-order valence-electron chi connectivity index (χ0n) is 5.86. The quantitative estimate of drug-likeness (QED) is 0.734. The van der Waals surface area contributed by atoms with E-state index in [-0.39, 0.29) is 6.42 Å². The number of hydrogen-bond donors (Lipinski definition) is 1. The molecule has 0 fully saturated rings. The Hall–Kier alpha value is -0.970. The van der Waals surface area contributed by atoms with Crippen molar-refractivity contribution in [3.63, 3.8) is 0 Å². The van der Waals surface area contributed by atoms with Gasteiger partial charge in [-0.05, 0) is 18.0 Å². The molecule has 0 bridgehead atoms. The molecule has 0 saturated carbocycles. The second kappa shape index (κ2) is 4.02. The zero-order valence-corrected chi connectivity index (χ0v) is 6.67. The Morgan fingerprint density at radius 2 is 2.55 bits per heavy atom. The lowest BCUT2D eigenvalue weighted by molar-refractivity contribution is -0.137. The summed E-state index contributed by atoms with van der Waals surface area (Å²) in [5.41, 5.74) is 0. The average Bonchev–Trinajstić information content (AvgIpc) is 2.39. The van der Waals surface area contributed by atoms with E-state index in [2.05, 4.69) is 9.36 Å². The molecule has 0 amide bonds. The van der Waals surface area contributed by atoms with E-state index >= 15 is 0 Å². The van der Waals surface area contributed by atoms with Crippen molar-refractivity contribution in [1.29, 1.82) is 0 Å². The fraction of sp³-hybridized carbons (Fsp3) is 0.500. The van der Waals surface area contributed by atoms with Gasteiger partial charge in [-0.25, -0.2) is 4.98 Å². The summed E-state index contributed by atoms with van der Waals surface area (Å²) >= 11 is 1.32. The van der Waals surface area contributed by atoms with Crippen molar-refractivity contribution in [2.24, 2.45) is 0 Å². The van der Waals surface area contributed by atoms with Crippen LogP contribution in [0.1, 0.15) is 17.8 Å². The monoisotopic (exact) mass is 172 g/mol. The van der Waals surface area contributed by atoms with E-state index in [1.807, 2.05) is 0 Å². The number of aryl methyl sites for hydroxylation is 1. The highest BCUT2D eigenvalue weighted by Crippen LogP contribution is 2.04. The number of carboxylic acid groups (broad SMARTS) is 1. The van der Waals surface area contributed by atoms with E-state index in [1.165, 1.54) is 17.9 Å². The summed E-state index contributed by atoms with van der Waals surface area (Å²) in [6.07, 6.45) is 3.06. The Morgan fingerprint density at radius 1 is 1.73 bits per heavy atom. The van der Waals surface area contributed by atoms with E-state index in [4.69, 9.17) is 5.11 Å². The van der Waals surface area contributed by atoms with Gasteiger partial charge < -0.3 is 5.11 Å². The maximum Gasteiger partial charge on any atom is 0.303 e. The fourth-order valence-electron chi connectivity index (χ4n) is 0.697. The van der Waals surface area contributed by atoms with Crippen molar-refractivity contribution in [2.45, 2.75) is 19.3 Å². The minimum absolute atomic E-state index is 0.208. The first kappa shape index (κ1) is 8.13. The van der Waals surface area contributed by atoms with Crippen molar-refractivity contribution in [3.05, 3.63) is 11.3 Å². The molecule has 1 rings (SSSR count). The van der Waals surface area contributed by atoms with Gasteiger partial charge in [-0.15, -0.1) is 0 Å². The molecule has 1 aromatic rings. The second-order valence-electron chi connectivity index (χ2n) is 2.08. The van der Waals surface area contributed by atoms with E-state index in [0.717, 1.165) is 11.4 Å². The number of rotatable bonds is 4. The van der Waals surface area contributed by atoms with Crippen LogP contribution in [-0.2, 0) is 11.2 Å². The van der Waals surface area contributed by atoms with Gasteiger partial charge in [-0.2, -0.15) is 4.37 Å². The lowest BCUT2D eigenvalue weighted by atomic mass is 10.2. The van der Waals surface area contributed by atoms with Gasteiger partial charge in [-0.1, -0.05) is 0 Å². The molecule has 1 aromatic heterocycles. The maximum atomic E-state index is 10.1. The van der Waals surface area contributed by atoms with Gasteiger partial charge in [0.25, 0.3) is 0 Å². The standard InChI is InChI=1S/C6H8N2O2S/c9-6(10)3-1-2-5-7-4-8-11-5/h4H,1-3H2,(H,9,10). The number of aromatic nitrogens is 2. The Bertz CT molecular complexity index is 222. The Labute approximate surface area is 68.1 Å².